The van der Waals surface area contributed by atoms with Gasteiger partial charge in [0.15, 0.2) is 0 Å². The molecule has 1 fully saturated rings. The van der Waals surface area contributed by atoms with Gasteiger partial charge in [0.2, 0.25) is 5.91 Å². The third-order valence-electron chi connectivity index (χ3n) is 3.21. The number of piperazine rings is 1. The van der Waals surface area contributed by atoms with E-state index in [0.717, 1.165) is 44.2 Å². The Hall–Kier alpha value is -0.940. The maximum atomic E-state index is 12.0. The van der Waals surface area contributed by atoms with Gasteiger partial charge >= 0.3 is 0 Å². The molecule has 2 heterocycles. The van der Waals surface area contributed by atoms with E-state index in [1.165, 1.54) is 0 Å². The molecule has 0 spiro atoms. The largest absolute Gasteiger partial charge is 0.340 e. The molecule has 0 aromatic carbocycles. The molecule has 0 radical (unpaired) electrons. The first-order chi connectivity index (χ1) is 8.29. The van der Waals surface area contributed by atoms with Gasteiger partial charge in [-0.15, -0.1) is 11.3 Å². The predicted octanol–water partition coefficient (Wildman–Crippen LogP) is 1.24. The summed E-state index contributed by atoms with van der Waals surface area (Å²) in [7, 11) is 0. The van der Waals surface area contributed by atoms with Crippen LogP contribution in [-0.2, 0) is 11.2 Å². The Morgan fingerprint density at radius 3 is 2.76 bits per heavy atom. The van der Waals surface area contributed by atoms with Crippen LogP contribution in [0.25, 0.3) is 0 Å². The first kappa shape index (κ1) is 12.5. The summed E-state index contributed by atoms with van der Waals surface area (Å²) in [6.45, 7) is 7.04. The average Bonchev–Trinajstić information content (AvgIpc) is 2.89. The van der Waals surface area contributed by atoms with Gasteiger partial charge in [-0.1, -0.05) is 6.92 Å². The monoisotopic (exact) mass is 253 g/mol. The van der Waals surface area contributed by atoms with Crippen LogP contribution in [-0.4, -0.2) is 53.4 Å². The first-order valence-electron chi connectivity index (χ1n) is 6.18. The van der Waals surface area contributed by atoms with E-state index in [1.807, 2.05) is 10.3 Å². The summed E-state index contributed by atoms with van der Waals surface area (Å²) in [5.74, 6) is 0.274. The molecule has 0 unspecified atom stereocenters. The number of aryl methyl sites for hydroxylation is 1. The summed E-state index contributed by atoms with van der Waals surface area (Å²) in [6, 6.07) is 0. The highest BCUT2D eigenvalue weighted by molar-refractivity contribution is 7.09. The zero-order valence-electron chi connectivity index (χ0n) is 10.3. The minimum atomic E-state index is 0.274. The van der Waals surface area contributed by atoms with Crippen molar-refractivity contribution >= 4 is 17.2 Å². The van der Waals surface area contributed by atoms with Crippen LogP contribution >= 0.6 is 11.3 Å². The van der Waals surface area contributed by atoms with Crippen LogP contribution in [0.5, 0.6) is 0 Å². The molecule has 17 heavy (non-hydrogen) atoms. The molecule has 0 atom stereocenters. The van der Waals surface area contributed by atoms with E-state index in [0.29, 0.717) is 6.42 Å². The average molecular weight is 253 g/mol. The maximum absolute atomic E-state index is 12.0. The van der Waals surface area contributed by atoms with E-state index in [9.17, 15) is 4.79 Å². The Morgan fingerprint density at radius 2 is 2.18 bits per heavy atom. The molecule has 0 saturated carbocycles. The highest BCUT2D eigenvalue weighted by Crippen LogP contribution is 2.09. The molecule has 1 amide bonds. The Labute approximate surface area is 106 Å². The fraction of sp³-hybridized carbons (Fsp3) is 0.667. The Kier molecular flexibility index (Phi) is 4.50. The molecule has 1 saturated heterocycles. The molecular formula is C12H19N3OS. The number of nitrogens with zero attached hydrogens (tertiary/aromatic N) is 3. The van der Waals surface area contributed by atoms with Gasteiger partial charge < -0.3 is 9.80 Å². The van der Waals surface area contributed by atoms with Gasteiger partial charge in [-0.2, -0.15) is 0 Å². The number of thiazole rings is 1. The number of carbonyl (C=O) groups excluding carboxylic acids is 1. The van der Waals surface area contributed by atoms with Crippen molar-refractivity contribution in [1.82, 2.24) is 14.8 Å². The molecule has 0 aliphatic carbocycles. The topological polar surface area (TPSA) is 36.4 Å². The van der Waals surface area contributed by atoms with Crippen LogP contribution in [0, 0.1) is 0 Å². The summed E-state index contributed by atoms with van der Waals surface area (Å²) in [5, 5.41) is 3.02. The summed E-state index contributed by atoms with van der Waals surface area (Å²) >= 11 is 1.63. The molecule has 1 aromatic heterocycles. The molecule has 1 aliphatic heterocycles. The maximum Gasteiger partial charge on any atom is 0.223 e. The van der Waals surface area contributed by atoms with Crippen molar-refractivity contribution in [3.8, 4) is 0 Å². The quantitative estimate of drug-likeness (QED) is 0.810. The number of hydrogen-bond acceptors (Lipinski definition) is 4. The summed E-state index contributed by atoms with van der Waals surface area (Å²) in [6.07, 6.45) is 3.18. The van der Waals surface area contributed by atoms with Crippen LogP contribution in [0.15, 0.2) is 11.6 Å². The molecule has 1 aliphatic rings. The van der Waals surface area contributed by atoms with Gasteiger partial charge in [0, 0.05) is 50.6 Å². The lowest BCUT2D eigenvalue weighted by Crippen LogP contribution is -2.48. The Morgan fingerprint density at radius 1 is 1.41 bits per heavy atom. The molecular weight excluding hydrogens is 234 g/mol. The minimum Gasteiger partial charge on any atom is -0.340 e. The van der Waals surface area contributed by atoms with Gasteiger partial charge in [-0.05, 0) is 6.54 Å². The van der Waals surface area contributed by atoms with Crippen LogP contribution < -0.4 is 0 Å². The van der Waals surface area contributed by atoms with E-state index in [-0.39, 0.29) is 5.91 Å². The van der Waals surface area contributed by atoms with Crippen molar-refractivity contribution < 1.29 is 4.79 Å². The Bertz CT molecular complexity index is 345. The van der Waals surface area contributed by atoms with Crippen molar-refractivity contribution in [3.63, 3.8) is 0 Å². The minimum absolute atomic E-state index is 0.274. The van der Waals surface area contributed by atoms with Crippen molar-refractivity contribution in [2.75, 3.05) is 32.7 Å². The van der Waals surface area contributed by atoms with Crippen LogP contribution in [0.4, 0.5) is 0 Å². The lowest BCUT2D eigenvalue weighted by molar-refractivity contribution is -0.132. The first-order valence-corrected chi connectivity index (χ1v) is 7.06. The van der Waals surface area contributed by atoms with E-state index in [2.05, 4.69) is 16.8 Å². The van der Waals surface area contributed by atoms with Crippen LogP contribution in [0.1, 0.15) is 18.4 Å². The fourth-order valence-corrected chi connectivity index (χ4v) is 2.68. The van der Waals surface area contributed by atoms with Gasteiger partial charge in [0.25, 0.3) is 0 Å². The van der Waals surface area contributed by atoms with E-state index < -0.39 is 0 Å². The van der Waals surface area contributed by atoms with Crippen LogP contribution in [0.2, 0.25) is 0 Å². The molecule has 5 heteroatoms. The number of rotatable bonds is 4. The normalized spacial score (nSPS) is 17.4. The lowest BCUT2D eigenvalue weighted by atomic mass is 10.2. The van der Waals surface area contributed by atoms with E-state index in [1.54, 1.807) is 17.5 Å². The number of carbonyl (C=O) groups is 1. The van der Waals surface area contributed by atoms with Gasteiger partial charge in [0.1, 0.15) is 0 Å². The molecule has 0 N–H and O–H groups in total. The van der Waals surface area contributed by atoms with Gasteiger partial charge in [-0.3, -0.25) is 4.79 Å². The smallest absolute Gasteiger partial charge is 0.223 e. The molecule has 2 rings (SSSR count). The van der Waals surface area contributed by atoms with E-state index in [4.69, 9.17) is 0 Å². The zero-order valence-corrected chi connectivity index (χ0v) is 11.1. The standard InChI is InChI=1S/C12H19N3OS/c1-2-14-6-8-15(9-7-14)12(16)4-3-11-13-5-10-17-11/h5,10H,2-4,6-9H2,1H3. The second kappa shape index (κ2) is 6.12. The van der Waals surface area contributed by atoms with Crippen molar-refractivity contribution in [3.05, 3.63) is 16.6 Å². The predicted molar refractivity (Wildman–Crippen MR) is 69.1 cm³/mol. The number of likely N-dealkylation sites (N-methyl/N-ethyl adjacent to an activating group) is 1. The fourth-order valence-electron chi connectivity index (χ4n) is 2.06. The summed E-state index contributed by atoms with van der Waals surface area (Å²) in [5.41, 5.74) is 0. The van der Waals surface area contributed by atoms with Crippen molar-refractivity contribution in [2.45, 2.75) is 19.8 Å². The van der Waals surface area contributed by atoms with E-state index >= 15 is 0 Å². The third-order valence-corrected chi connectivity index (χ3v) is 4.05. The van der Waals surface area contributed by atoms with Gasteiger partial charge in [-0.25, -0.2) is 4.98 Å². The highest BCUT2D eigenvalue weighted by atomic mass is 32.1. The Balaban J connectivity index is 1.73. The molecule has 0 bridgehead atoms. The molecule has 4 nitrogen and oxygen atoms in total. The molecule has 94 valence electrons. The highest BCUT2D eigenvalue weighted by Gasteiger charge is 2.19. The number of aromatic nitrogens is 1. The zero-order chi connectivity index (χ0) is 12.1. The van der Waals surface area contributed by atoms with Crippen molar-refractivity contribution in [2.24, 2.45) is 0 Å². The van der Waals surface area contributed by atoms with Crippen molar-refractivity contribution in [1.29, 1.82) is 0 Å². The second-order valence-electron chi connectivity index (χ2n) is 4.24. The molecule has 1 aromatic rings. The second-order valence-corrected chi connectivity index (χ2v) is 5.22. The number of hydrogen-bond donors (Lipinski definition) is 0. The third kappa shape index (κ3) is 3.51. The summed E-state index contributed by atoms with van der Waals surface area (Å²) < 4.78 is 0. The lowest BCUT2D eigenvalue weighted by Gasteiger charge is -2.34. The number of amides is 1. The van der Waals surface area contributed by atoms with Crippen LogP contribution in [0.3, 0.4) is 0 Å². The SMILES string of the molecule is CCN1CCN(C(=O)CCc2nccs2)CC1. The summed E-state index contributed by atoms with van der Waals surface area (Å²) in [4.78, 5) is 20.5. The van der Waals surface area contributed by atoms with Gasteiger partial charge in [0.05, 0.1) is 5.01 Å².